The SMILES string of the molecule is CCCNC(=O)Cc1csc(Nc2ccc(Cl)cn2)n1. The molecule has 2 heterocycles. The van der Waals surface area contributed by atoms with Gasteiger partial charge in [-0.25, -0.2) is 9.97 Å². The van der Waals surface area contributed by atoms with E-state index in [-0.39, 0.29) is 5.91 Å². The molecule has 0 aliphatic rings. The molecular weight excluding hydrogens is 296 g/mol. The second-order valence-electron chi connectivity index (χ2n) is 4.16. The van der Waals surface area contributed by atoms with Crippen LogP contribution in [0.25, 0.3) is 0 Å². The van der Waals surface area contributed by atoms with Crippen molar-refractivity contribution in [3.63, 3.8) is 0 Å². The molecule has 2 aromatic heterocycles. The van der Waals surface area contributed by atoms with Gasteiger partial charge in [-0.1, -0.05) is 18.5 Å². The van der Waals surface area contributed by atoms with Gasteiger partial charge >= 0.3 is 0 Å². The maximum atomic E-state index is 11.6. The quantitative estimate of drug-likeness (QED) is 0.860. The number of hydrogen-bond donors (Lipinski definition) is 2. The highest BCUT2D eigenvalue weighted by Gasteiger charge is 2.07. The van der Waals surface area contributed by atoms with E-state index in [0.29, 0.717) is 28.9 Å². The summed E-state index contributed by atoms with van der Waals surface area (Å²) in [6.07, 6.45) is 2.79. The van der Waals surface area contributed by atoms with Crippen molar-refractivity contribution < 1.29 is 4.79 Å². The van der Waals surface area contributed by atoms with Crippen molar-refractivity contribution in [2.45, 2.75) is 19.8 Å². The number of carbonyl (C=O) groups excluding carboxylic acids is 1. The van der Waals surface area contributed by atoms with Gasteiger partial charge in [-0.3, -0.25) is 4.79 Å². The van der Waals surface area contributed by atoms with Gasteiger partial charge in [-0.05, 0) is 18.6 Å². The molecule has 0 saturated carbocycles. The molecule has 106 valence electrons. The molecule has 2 N–H and O–H groups in total. The van der Waals surface area contributed by atoms with Gasteiger partial charge < -0.3 is 10.6 Å². The van der Waals surface area contributed by atoms with E-state index >= 15 is 0 Å². The van der Waals surface area contributed by atoms with Gasteiger partial charge in [0.05, 0.1) is 17.1 Å². The number of anilines is 2. The van der Waals surface area contributed by atoms with Crippen LogP contribution in [0.1, 0.15) is 19.0 Å². The van der Waals surface area contributed by atoms with Crippen molar-refractivity contribution in [1.82, 2.24) is 15.3 Å². The molecule has 2 aromatic rings. The Morgan fingerprint density at radius 1 is 1.45 bits per heavy atom. The van der Waals surface area contributed by atoms with Gasteiger partial charge in [0.15, 0.2) is 5.13 Å². The lowest BCUT2D eigenvalue weighted by atomic mass is 10.3. The number of rotatable bonds is 6. The number of nitrogens with zero attached hydrogens (tertiary/aromatic N) is 2. The lowest BCUT2D eigenvalue weighted by Crippen LogP contribution is -2.25. The van der Waals surface area contributed by atoms with Crippen LogP contribution in [-0.4, -0.2) is 22.4 Å². The van der Waals surface area contributed by atoms with Crippen LogP contribution in [0.5, 0.6) is 0 Å². The topological polar surface area (TPSA) is 66.9 Å². The van der Waals surface area contributed by atoms with Crippen LogP contribution in [0.15, 0.2) is 23.7 Å². The number of halogens is 1. The van der Waals surface area contributed by atoms with Crippen molar-refractivity contribution in [2.75, 3.05) is 11.9 Å². The highest BCUT2D eigenvalue weighted by Crippen LogP contribution is 2.20. The number of pyridine rings is 1. The number of carbonyl (C=O) groups is 1. The predicted molar refractivity (Wildman–Crippen MR) is 81.6 cm³/mol. The van der Waals surface area contributed by atoms with Gasteiger partial charge in [-0.15, -0.1) is 11.3 Å². The summed E-state index contributed by atoms with van der Waals surface area (Å²) >= 11 is 7.21. The molecule has 0 aliphatic heterocycles. The summed E-state index contributed by atoms with van der Waals surface area (Å²) in [5.74, 6) is 0.666. The van der Waals surface area contributed by atoms with E-state index in [2.05, 4.69) is 20.6 Å². The van der Waals surface area contributed by atoms with Crippen LogP contribution in [0.3, 0.4) is 0 Å². The zero-order chi connectivity index (χ0) is 14.4. The Hall–Kier alpha value is -1.66. The molecule has 0 aromatic carbocycles. The van der Waals surface area contributed by atoms with Crippen LogP contribution in [0, 0.1) is 0 Å². The number of thiazole rings is 1. The Kier molecular flexibility index (Phi) is 5.31. The standard InChI is InChI=1S/C13H15ClN4OS/c1-2-5-15-12(19)6-10-8-20-13(17-10)18-11-4-3-9(14)7-16-11/h3-4,7-8H,2,5-6H2,1H3,(H,15,19)(H,16,17,18). The van der Waals surface area contributed by atoms with E-state index in [9.17, 15) is 4.79 Å². The maximum absolute atomic E-state index is 11.6. The van der Waals surface area contributed by atoms with Gasteiger partial charge in [0.2, 0.25) is 5.91 Å². The van der Waals surface area contributed by atoms with Crippen LogP contribution in [0.2, 0.25) is 5.02 Å². The monoisotopic (exact) mass is 310 g/mol. The van der Waals surface area contributed by atoms with E-state index in [1.54, 1.807) is 18.3 Å². The molecular formula is C13H15ClN4OS. The van der Waals surface area contributed by atoms with E-state index in [0.717, 1.165) is 12.1 Å². The average molecular weight is 311 g/mol. The average Bonchev–Trinajstić information content (AvgIpc) is 2.86. The van der Waals surface area contributed by atoms with E-state index < -0.39 is 0 Å². The Bertz CT molecular complexity index is 570. The molecule has 0 fully saturated rings. The fourth-order valence-electron chi connectivity index (χ4n) is 1.50. The van der Waals surface area contributed by atoms with E-state index in [1.807, 2.05) is 12.3 Å². The molecule has 7 heteroatoms. The summed E-state index contributed by atoms with van der Waals surface area (Å²) in [7, 11) is 0. The molecule has 0 unspecified atom stereocenters. The minimum absolute atomic E-state index is 0.00619. The lowest BCUT2D eigenvalue weighted by Gasteiger charge is -2.01. The van der Waals surface area contributed by atoms with Gasteiger partial charge in [0.25, 0.3) is 0 Å². The van der Waals surface area contributed by atoms with Gasteiger partial charge in [0, 0.05) is 18.1 Å². The molecule has 0 bridgehead atoms. The van der Waals surface area contributed by atoms with Crippen LogP contribution in [-0.2, 0) is 11.2 Å². The largest absolute Gasteiger partial charge is 0.356 e. The Morgan fingerprint density at radius 3 is 3.00 bits per heavy atom. The third-order valence-corrected chi connectivity index (χ3v) is 3.46. The summed E-state index contributed by atoms with van der Waals surface area (Å²) in [6, 6.07) is 3.53. The first-order valence-electron chi connectivity index (χ1n) is 6.27. The van der Waals surface area contributed by atoms with Gasteiger partial charge in [0.1, 0.15) is 5.82 Å². The number of aromatic nitrogens is 2. The molecule has 5 nitrogen and oxygen atoms in total. The Balaban J connectivity index is 1.91. The molecule has 1 amide bonds. The first-order valence-corrected chi connectivity index (χ1v) is 7.53. The zero-order valence-corrected chi connectivity index (χ0v) is 12.6. The first kappa shape index (κ1) is 14.7. The first-order chi connectivity index (χ1) is 9.67. The fraction of sp³-hybridized carbons (Fsp3) is 0.308. The van der Waals surface area contributed by atoms with Crippen LogP contribution in [0.4, 0.5) is 10.9 Å². The number of hydrogen-bond acceptors (Lipinski definition) is 5. The fourth-order valence-corrected chi connectivity index (χ4v) is 2.33. The molecule has 0 saturated heterocycles. The summed E-state index contributed by atoms with van der Waals surface area (Å²) in [6.45, 7) is 2.72. The lowest BCUT2D eigenvalue weighted by molar-refractivity contribution is -0.120. The zero-order valence-electron chi connectivity index (χ0n) is 11.0. The highest BCUT2D eigenvalue weighted by atomic mass is 35.5. The molecule has 20 heavy (non-hydrogen) atoms. The Morgan fingerprint density at radius 2 is 2.30 bits per heavy atom. The molecule has 0 radical (unpaired) electrons. The number of nitrogens with one attached hydrogen (secondary N) is 2. The molecule has 0 spiro atoms. The van der Waals surface area contributed by atoms with Crippen molar-refractivity contribution >= 4 is 39.8 Å². The second-order valence-corrected chi connectivity index (χ2v) is 5.45. The summed E-state index contributed by atoms with van der Waals surface area (Å²) in [5, 5.41) is 9.06. The van der Waals surface area contributed by atoms with Crippen molar-refractivity contribution in [2.24, 2.45) is 0 Å². The maximum Gasteiger partial charge on any atom is 0.226 e. The Labute approximate surface area is 126 Å². The third-order valence-electron chi connectivity index (χ3n) is 2.43. The third kappa shape index (κ3) is 4.47. The number of amides is 1. The minimum atomic E-state index is -0.00619. The summed E-state index contributed by atoms with van der Waals surface area (Å²) in [4.78, 5) is 20.1. The summed E-state index contributed by atoms with van der Waals surface area (Å²) in [5.41, 5.74) is 0.750. The smallest absolute Gasteiger partial charge is 0.226 e. The highest BCUT2D eigenvalue weighted by molar-refractivity contribution is 7.13. The van der Waals surface area contributed by atoms with Crippen molar-refractivity contribution in [3.05, 3.63) is 34.4 Å². The van der Waals surface area contributed by atoms with E-state index in [4.69, 9.17) is 11.6 Å². The normalized spacial score (nSPS) is 10.3. The molecule has 0 aliphatic carbocycles. The van der Waals surface area contributed by atoms with Crippen molar-refractivity contribution in [3.8, 4) is 0 Å². The summed E-state index contributed by atoms with van der Waals surface area (Å²) < 4.78 is 0. The second kappa shape index (κ2) is 7.21. The van der Waals surface area contributed by atoms with Crippen molar-refractivity contribution in [1.29, 1.82) is 0 Å². The van der Waals surface area contributed by atoms with E-state index in [1.165, 1.54) is 11.3 Å². The predicted octanol–water partition coefficient (Wildman–Crippen LogP) is 3.00. The molecule has 0 atom stereocenters. The minimum Gasteiger partial charge on any atom is -0.356 e. The van der Waals surface area contributed by atoms with Gasteiger partial charge in [-0.2, -0.15) is 0 Å². The van der Waals surface area contributed by atoms with Crippen LogP contribution < -0.4 is 10.6 Å². The van der Waals surface area contributed by atoms with Crippen LogP contribution >= 0.6 is 22.9 Å². The molecule has 2 rings (SSSR count).